The van der Waals surface area contributed by atoms with Crippen LogP contribution in [0, 0.1) is 11.8 Å². The zero-order chi connectivity index (χ0) is 25.5. The molecule has 9 heteroatoms. The van der Waals surface area contributed by atoms with E-state index >= 15 is 0 Å². The normalized spacial score (nSPS) is 27.3. The summed E-state index contributed by atoms with van der Waals surface area (Å²) >= 11 is 0. The first-order valence-electron chi connectivity index (χ1n) is 12.3. The van der Waals surface area contributed by atoms with Gasteiger partial charge >= 0.3 is 0 Å². The van der Waals surface area contributed by atoms with Crippen LogP contribution in [0.25, 0.3) is 0 Å². The Morgan fingerprint density at radius 1 is 1.31 bits per heavy atom. The quantitative estimate of drug-likeness (QED) is 0.584. The van der Waals surface area contributed by atoms with Gasteiger partial charge in [0.1, 0.15) is 17.1 Å². The van der Waals surface area contributed by atoms with E-state index in [1.807, 2.05) is 45.9 Å². The lowest BCUT2D eigenvalue weighted by Gasteiger charge is -2.38. The van der Waals surface area contributed by atoms with Crippen molar-refractivity contribution in [3.8, 4) is 11.5 Å². The van der Waals surface area contributed by atoms with Gasteiger partial charge in [0.15, 0.2) is 5.96 Å². The first-order valence-corrected chi connectivity index (χ1v) is 12.3. The summed E-state index contributed by atoms with van der Waals surface area (Å²) in [4.78, 5) is 32.5. The summed E-state index contributed by atoms with van der Waals surface area (Å²) in [7, 11) is 3.25. The fourth-order valence-electron chi connectivity index (χ4n) is 5.42. The fraction of sp³-hybridized carbons (Fsp3) is 0.654. The van der Waals surface area contributed by atoms with Crippen LogP contribution < -0.4 is 20.5 Å². The molecule has 4 atom stereocenters. The van der Waals surface area contributed by atoms with Crippen LogP contribution in [0.5, 0.6) is 11.5 Å². The van der Waals surface area contributed by atoms with E-state index in [4.69, 9.17) is 19.9 Å². The molecular formula is C26H38N4O5. The molecule has 9 nitrogen and oxygen atoms in total. The summed E-state index contributed by atoms with van der Waals surface area (Å²) < 4.78 is 16.8. The van der Waals surface area contributed by atoms with Gasteiger partial charge in [-0.3, -0.25) is 14.5 Å². The van der Waals surface area contributed by atoms with Crippen molar-refractivity contribution in [3.63, 3.8) is 0 Å². The Balaban J connectivity index is 1.50. The summed E-state index contributed by atoms with van der Waals surface area (Å²) in [5.74, 6) is 1.41. The number of nitrogens with zero attached hydrogens (tertiary/aromatic N) is 2. The molecule has 1 aliphatic carbocycles. The number of guanidine groups is 1. The lowest BCUT2D eigenvalue weighted by Crippen LogP contribution is -2.55. The van der Waals surface area contributed by atoms with E-state index < -0.39 is 11.1 Å². The Kier molecular flexibility index (Phi) is 6.74. The molecule has 2 amide bonds. The number of hydrogen-bond acceptors (Lipinski definition) is 7. The van der Waals surface area contributed by atoms with Crippen molar-refractivity contribution in [2.45, 2.75) is 76.6 Å². The summed E-state index contributed by atoms with van der Waals surface area (Å²) in [5.41, 5.74) is 6.24. The van der Waals surface area contributed by atoms with E-state index in [0.29, 0.717) is 31.6 Å². The number of aliphatic imine (C=N–C) groups is 1. The average Bonchev–Trinajstić information content (AvgIpc) is 3.54. The minimum atomic E-state index is -0.518. The highest BCUT2D eigenvalue weighted by Gasteiger charge is 2.52. The third-order valence-electron chi connectivity index (χ3n) is 7.13. The van der Waals surface area contributed by atoms with Crippen molar-refractivity contribution in [1.29, 1.82) is 0 Å². The van der Waals surface area contributed by atoms with Crippen molar-refractivity contribution in [3.05, 3.63) is 23.8 Å². The van der Waals surface area contributed by atoms with Crippen LogP contribution in [0.4, 0.5) is 0 Å². The highest BCUT2D eigenvalue weighted by Crippen LogP contribution is 2.47. The van der Waals surface area contributed by atoms with Gasteiger partial charge in [0.05, 0.1) is 25.1 Å². The minimum Gasteiger partial charge on any atom is -0.497 e. The number of carbonyl (C=O) groups is 2. The molecule has 0 bridgehead atoms. The van der Waals surface area contributed by atoms with Crippen LogP contribution in [0.3, 0.4) is 0 Å². The molecule has 2 aliphatic heterocycles. The monoisotopic (exact) mass is 486 g/mol. The number of benzene rings is 1. The molecule has 1 fully saturated rings. The Hall–Kier alpha value is -2.81. The molecule has 3 aliphatic rings. The lowest BCUT2D eigenvalue weighted by molar-refractivity contribution is -0.132. The maximum Gasteiger partial charge on any atom is 0.231 e. The Labute approximate surface area is 207 Å². The molecule has 4 rings (SSSR count). The highest BCUT2D eigenvalue weighted by molar-refractivity contribution is 5.99. The van der Waals surface area contributed by atoms with E-state index in [0.717, 1.165) is 11.3 Å². The minimum absolute atomic E-state index is 0.00671. The summed E-state index contributed by atoms with van der Waals surface area (Å²) in [6, 6.07) is 5.30. The molecule has 0 radical (unpaired) electrons. The van der Waals surface area contributed by atoms with Gasteiger partial charge in [-0.2, -0.15) is 0 Å². The van der Waals surface area contributed by atoms with Crippen LogP contribution in [0.2, 0.25) is 0 Å². The molecule has 0 spiro atoms. The van der Waals surface area contributed by atoms with Crippen molar-refractivity contribution in [1.82, 2.24) is 10.2 Å². The van der Waals surface area contributed by atoms with Crippen molar-refractivity contribution in [2.75, 3.05) is 20.8 Å². The van der Waals surface area contributed by atoms with Crippen LogP contribution in [0.1, 0.15) is 65.0 Å². The molecule has 2 heterocycles. The van der Waals surface area contributed by atoms with Crippen LogP contribution >= 0.6 is 0 Å². The van der Waals surface area contributed by atoms with E-state index in [-0.39, 0.29) is 48.1 Å². The summed E-state index contributed by atoms with van der Waals surface area (Å²) in [6.07, 6.45) is 2.24. The predicted molar refractivity (Wildman–Crippen MR) is 132 cm³/mol. The molecule has 1 saturated carbocycles. The zero-order valence-corrected chi connectivity index (χ0v) is 21.6. The van der Waals surface area contributed by atoms with Gasteiger partial charge < -0.3 is 25.3 Å². The lowest BCUT2D eigenvalue weighted by atomic mass is 9.89. The van der Waals surface area contributed by atoms with Crippen LogP contribution in [-0.4, -0.2) is 60.7 Å². The third-order valence-corrected chi connectivity index (χ3v) is 7.13. The highest BCUT2D eigenvalue weighted by atomic mass is 16.5. The Morgan fingerprint density at radius 2 is 2.06 bits per heavy atom. The zero-order valence-electron chi connectivity index (χ0n) is 21.6. The van der Waals surface area contributed by atoms with Crippen molar-refractivity contribution in [2.24, 2.45) is 22.6 Å². The molecule has 0 aromatic heterocycles. The van der Waals surface area contributed by atoms with Gasteiger partial charge in [-0.1, -0.05) is 0 Å². The largest absolute Gasteiger partial charge is 0.497 e. The molecule has 1 aromatic rings. The number of rotatable bonds is 8. The second kappa shape index (κ2) is 9.33. The van der Waals surface area contributed by atoms with Crippen LogP contribution in [0.15, 0.2) is 23.2 Å². The van der Waals surface area contributed by atoms with Crippen LogP contribution in [-0.2, 0) is 14.3 Å². The van der Waals surface area contributed by atoms with E-state index in [9.17, 15) is 9.59 Å². The van der Waals surface area contributed by atoms with E-state index in [1.54, 1.807) is 19.1 Å². The first kappa shape index (κ1) is 25.3. The summed E-state index contributed by atoms with van der Waals surface area (Å²) in [6.45, 7) is 8.30. The Bertz CT molecular complexity index is 1020. The predicted octanol–water partition coefficient (Wildman–Crippen LogP) is 2.78. The number of hydrogen-bond donors (Lipinski definition) is 2. The van der Waals surface area contributed by atoms with Crippen molar-refractivity contribution >= 4 is 17.8 Å². The topological polar surface area (TPSA) is 115 Å². The number of carbonyl (C=O) groups excluding carboxylic acids is 2. The number of nitrogens with two attached hydrogens (primary N) is 1. The number of amides is 2. The molecule has 192 valence electrons. The maximum atomic E-state index is 13.4. The fourth-order valence-corrected chi connectivity index (χ4v) is 5.42. The summed E-state index contributed by atoms with van der Waals surface area (Å²) in [5, 5.41) is 3.25. The van der Waals surface area contributed by atoms with Crippen molar-refractivity contribution < 1.29 is 23.8 Å². The average molecular weight is 487 g/mol. The number of nitrogens with one attached hydrogen (secondary N) is 1. The molecule has 1 aromatic carbocycles. The van der Waals surface area contributed by atoms with E-state index in [1.165, 1.54) is 0 Å². The van der Waals surface area contributed by atoms with Gasteiger partial charge in [-0.05, 0) is 58.6 Å². The smallest absolute Gasteiger partial charge is 0.231 e. The molecule has 0 saturated heterocycles. The first-order chi connectivity index (χ1) is 16.4. The number of methoxy groups -OCH3 is 2. The number of ether oxygens (including phenoxy) is 3. The van der Waals surface area contributed by atoms with Gasteiger partial charge in [0, 0.05) is 43.7 Å². The van der Waals surface area contributed by atoms with Gasteiger partial charge in [-0.15, -0.1) is 0 Å². The SMILES string of the molecule is COCC[C@H]([C@@H]1C[C@H]1C(=O)N[C@H]1CC(C)(C)Oc2cc(OC)ccc21)N1C(=O)CC(C)(C)N=C1N. The maximum absolute atomic E-state index is 13.4. The molecule has 35 heavy (non-hydrogen) atoms. The second-order valence-electron chi connectivity index (χ2n) is 11.1. The molecule has 3 N–H and O–H groups in total. The van der Waals surface area contributed by atoms with Gasteiger partial charge in [0.25, 0.3) is 0 Å². The third kappa shape index (κ3) is 5.39. The Morgan fingerprint density at radius 3 is 2.71 bits per heavy atom. The molecule has 0 unspecified atom stereocenters. The standard InChI is InChI=1S/C26H38N4O5/c1-25(2)14-22(31)30(24(27)29-25)20(9-10-33-5)17-12-18(17)23(32)28-19-13-26(3,4)35-21-11-15(34-6)7-8-16(19)21/h7-8,11,17-20H,9-10,12-14H2,1-6H3,(H2,27,29)(H,28,32)/t17-,18-,19+,20-/m1/s1. The van der Waals surface area contributed by atoms with Gasteiger partial charge in [-0.25, -0.2) is 4.99 Å². The van der Waals surface area contributed by atoms with E-state index in [2.05, 4.69) is 10.3 Å². The van der Waals surface area contributed by atoms with Gasteiger partial charge in [0.2, 0.25) is 11.8 Å². The molecular weight excluding hydrogens is 448 g/mol. The number of fused-ring (bicyclic) bond motifs is 1. The second-order valence-corrected chi connectivity index (χ2v) is 11.1.